The van der Waals surface area contributed by atoms with Gasteiger partial charge in [0.15, 0.2) is 5.16 Å². The molecule has 0 aliphatic carbocycles. The quantitative estimate of drug-likeness (QED) is 0.518. The fourth-order valence-electron chi connectivity index (χ4n) is 1.32. The van der Waals surface area contributed by atoms with Crippen LogP contribution in [0.15, 0.2) is 5.16 Å². The molecular weight excluding hydrogens is 268 g/mol. The maximum Gasteiger partial charge on any atom is 0.313 e. The number of aromatic nitrogens is 3. The average Bonchev–Trinajstić information content (AvgIpc) is 2.67. The molecule has 8 heteroatoms. The van der Waals surface area contributed by atoms with Crippen LogP contribution in [0.4, 0.5) is 5.95 Å². The highest BCUT2D eigenvalue weighted by Crippen LogP contribution is 2.17. The fourth-order valence-corrected chi connectivity index (χ4v) is 2.01. The van der Waals surface area contributed by atoms with Crippen LogP contribution in [0.3, 0.4) is 0 Å². The lowest BCUT2D eigenvalue weighted by molar-refractivity contribution is -0.133. The van der Waals surface area contributed by atoms with Crippen LogP contribution >= 0.6 is 11.8 Å². The van der Waals surface area contributed by atoms with Crippen molar-refractivity contribution in [1.29, 1.82) is 0 Å². The van der Waals surface area contributed by atoms with E-state index in [2.05, 4.69) is 24.0 Å². The van der Waals surface area contributed by atoms with Gasteiger partial charge in [0.05, 0.1) is 18.9 Å². The first-order valence-electron chi connectivity index (χ1n) is 6.11. The van der Waals surface area contributed by atoms with Gasteiger partial charge in [-0.2, -0.15) is 0 Å². The molecule has 0 fully saturated rings. The van der Waals surface area contributed by atoms with Gasteiger partial charge in [-0.05, 0) is 12.3 Å². The van der Waals surface area contributed by atoms with Gasteiger partial charge in [-0.3, -0.25) is 9.36 Å². The zero-order valence-corrected chi connectivity index (χ0v) is 12.0. The standard InChI is InChI=1S/C11H20N4O3S/c1-8(2)3-5-18-6-4-15-10(12)13-14-11(15)19-7-9(16)17/h8H,3-7H2,1-2H3,(H2,12,13)(H,16,17). The van der Waals surface area contributed by atoms with Crippen molar-refractivity contribution in [2.24, 2.45) is 5.92 Å². The van der Waals surface area contributed by atoms with Gasteiger partial charge in [-0.25, -0.2) is 0 Å². The number of hydrogen-bond acceptors (Lipinski definition) is 6. The Hall–Kier alpha value is -1.28. The third kappa shape index (κ3) is 5.93. The molecule has 0 aromatic carbocycles. The van der Waals surface area contributed by atoms with Crippen molar-refractivity contribution in [2.75, 3.05) is 24.7 Å². The van der Waals surface area contributed by atoms with Crippen molar-refractivity contribution < 1.29 is 14.6 Å². The molecule has 1 heterocycles. The van der Waals surface area contributed by atoms with Gasteiger partial charge < -0.3 is 15.6 Å². The maximum absolute atomic E-state index is 10.5. The van der Waals surface area contributed by atoms with Crippen LogP contribution < -0.4 is 5.73 Å². The molecule has 0 atom stereocenters. The van der Waals surface area contributed by atoms with Crippen LogP contribution in [-0.2, 0) is 16.1 Å². The first kappa shape index (κ1) is 15.8. The van der Waals surface area contributed by atoms with Crippen molar-refractivity contribution in [2.45, 2.75) is 32.0 Å². The van der Waals surface area contributed by atoms with E-state index in [0.717, 1.165) is 18.2 Å². The summed E-state index contributed by atoms with van der Waals surface area (Å²) in [6.07, 6.45) is 1.01. The van der Waals surface area contributed by atoms with E-state index < -0.39 is 5.97 Å². The van der Waals surface area contributed by atoms with Gasteiger partial charge in [-0.1, -0.05) is 25.6 Å². The summed E-state index contributed by atoms with van der Waals surface area (Å²) in [5.41, 5.74) is 5.68. The Kier molecular flexibility index (Phi) is 6.65. The number of ether oxygens (including phenoxy) is 1. The number of aliphatic carboxylic acids is 1. The minimum absolute atomic E-state index is 0.0632. The van der Waals surface area contributed by atoms with Crippen LogP contribution in [-0.4, -0.2) is 44.8 Å². The molecule has 1 aromatic rings. The fraction of sp³-hybridized carbons (Fsp3) is 0.727. The Morgan fingerprint density at radius 3 is 2.84 bits per heavy atom. The molecule has 7 nitrogen and oxygen atoms in total. The molecule has 0 bridgehead atoms. The van der Waals surface area contributed by atoms with Crippen LogP contribution in [0.5, 0.6) is 0 Å². The normalized spacial score (nSPS) is 11.1. The number of rotatable bonds is 9. The molecule has 0 radical (unpaired) electrons. The first-order valence-corrected chi connectivity index (χ1v) is 7.10. The number of hydrogen-bond donors (Lipinski definition) is 2. The molecule has 19 heavy (non-hydrogen) atoms. The van der Waals surface area contributed by atoms with Crippen LogP contribution in [0.1, 0.15) is 20.3 Å². The summed E-state index contributed by atoms with van der Waals surface area (Å²) < 4.78 is 7.17. The van der Waals surface area contributed by atoms with E-state index in [1.165, 1.54) is 0 Å². The molecule has 1 aromatic heterocycles. The zero-order chi connectivity index (χ0) is 14.3. The van der Waals surface area contributed by atoms with E-state index >= 15 is 0 Å². The number of carbonyl (C=O) groups is 1. The van der Waals surface area contributed by atoms with Crippen molar-refractivity contribution >= 4 is 23.7 Å². The third-order valence-electron chi connectivity index (χ3n) is 2.37. The molecular formula is C11H20N4O3S. The predicted octanol–water partition coefficient (Wildman–Crippen LogP) is 1.10. The van der Waals surface area contributed by atoms with E-state index in [1.807, 2.05) is 0 Å². The Bertz CT molecular complexity index is 409. The maximum atomic E-state index is 10.5. The molecule has 3 N–H and O–H groups in total. The van der Waals surface area contributed by atoms with Crippen molar-refractivity contribution in [3.8, 4) is 0 Å². The summed E-state index contributed by atoms with van der Waals surface area (Å²) in [7, 11) is 0. The molecule has 0 aliphatic heterocycles. The topological polar surface area (TPSA) is 103 Å². The van der Waals surface area contributed by atoms with Gasteiger partial charge in [-0.15, -0.1) is 10.2 Å². The summed E-state index contributed by atoms with van der Waals surface area (Å²) >= 11 is 1.10. The van der Waals surface area contributed by atoms with Gasteiger partial charge in [0, 0.05) is 6.61 Å². The molecule has 0 amide bonds. The number of carboxylic acids is 1. The van der Waals surface area contributed by atoms with Crippen molar-refractivity contribution in [3.05, 3.63) is 0 Å². The van der Waals surface area contributed by atoms with Crippen LogP contribution in [0, 0.1) is 5.92 Å². The minimum atomic E-state index is -0.897. The Balaban J connectivity index is 2.39. The van der Waals surface area contributed by atoms with Crippen molar-refractivity contribution in [1.82, 2.24) is 14.8 Å². The first-order chi connectivity index (χ1) is 9.00. The van der Waals surface area contributed by atoms with Gasteiger partial charge >= 0.3 is 5.97 Å². The molecule has 0 saturated carbocycles. The summed E-state index contributed by atoms with van der Waals surface area (Å²) in [6.45, 7) is 6.02. The highest BCUT2D eigenvalue weighted by atomic mass is 32.2. The number of nitrogens with zero attached hydrogens (tertiary/aromatic N) is 3. The lowest BCUT2D eigenvalue weighted by atomic mass is 10.1. The van der Waals surface area contributed by atoms with E-state index in [9.17, 15) is 4.79 Å². The second kappa shape index (κ2) is 8.00. The summed E-state index contributed by atoms with van der Waals surface area (Å²) in [5, 5.41) is 16.7. The lowest BCUT2D eigenvalue weighted by Gasteiger charge is -2.09. The van der Waals surface area contributed by atoms with E-state index in [-0.39, 0.29) is 11.7 Å². The second-order valence-corrected chi connectivity index (χ2v) is 5.41. The molecule has 0 unspecified atom stereocenters. The predicted molar refractivity (Wildman–Crippen MR) is 73.1 cm³/mol. The van der Waals surface area contributed by atoms with Crippen LogP contribution in [0.25, 0.3) is 0 Å². The lowest BCUT2D eigenvalue weighted by Crippen LogP contribution is -2.12. The molecule has 108 valence electrons. The highest BCUT2D eigenvalue weighted by Gasteiger charge is 2.11. The van der Waals surface area contributed by atoms with E-state index in [4.69, 9.17) is 15.6 Å². The van der Waals surface area contributed by atoms with Gasteiger partial charge in [0.25, 0.3) is 0 Å². The smallest absolute Gasteiger partial charge is 0.313 e. The Morgan fingerprint density at radius 2 is 2.21 bits per heavy atom. The number of nitrogens with two attached hydrogens (primary N) is 1. The Morgan fingerprint density at radius 1 is 1.47 bits per heavy atom. The molecule has 0 aliphatic rings. The SMILES string of the molecule is CC(C)CCOCCn1c(N)nnc1SCC(=O)O. The van der Waals surface area contributed by atoms with E-state index in [1.54, 1.807) is 4.57 Å². The monoisotopic (exact) mass is 288 g/mol. The molecule has 0 saturated heterocycles. The minimum Gasteiger partial charge on any atom is -0.481 e. The van der Waals surface area contributed by atoms with Crippen LogP contribution in [0.2, 0.25) is 0 Å². The Labute approximate surface area is 116 Å². The summed E-state index contributed by atoms with van der Waals surface area (Å²) in [5.74, 6) is -0.0693. The summed E-state index contributed by atoms with van der Waals surface area (Å²) in [4.78, 5) is 10.5. The van der Waals surface area contributed by atoms with Gasteiger partial charge in [0.1, 0.15) is 0 Å². The summed E-state index contributed by atoms with van der Waals surface area (Å²) in [6, 6.07) is 0. The van der Waals surface area contributed by atoms with E-state index in [0.29, 0.717) is 30.8 Å². The molecule has 0 spiro atoms. The number of nitrogen functional groups attached to an aromatic ring is 1. The molecule has 1 rings (SSSR count). The third-order valence-corrected chi connectivity index (χ3v) is 3.32. The van der Waals surface area contributed by atoms with Crippen molar-refractivity contribution in [3.63, 3.8) is 0 Å². The largest absolute Gasteiger partial charge is 0.481 e. The highest BCUT2D eigenvalue weighted by molar-refractivity contribution is 7.99. The van der Waals surface area contributed by atoms with Gasteiger partial charge in [0.2, 0.25) is 5.95 Å². The number of anilines is 1. The number of thioether (sulfide) groups is 1. The average molecular weight is 288 g/mol. The second-order valence-electron chi connectivity index (χ2n) is 4.47. The zero-order valence-electron chi connectivity index (χ0n) is 11.2. The number of carboxylic acid groups (broad SMARTS) is 1.